The normalized spacial score (nSPS) is 21.0. The topological polar surface area (TPSA) is 123 Å². The van der Waals surface area contributed by atoms with Gasteiger partial charge in [0.2, 0.25) is 5.91 Å². The van der Waals surface area contributed by atoms with Gasteiger partial charge >= 0.3 is 5.97 Å². The minimum atomic E-state index is -0.508. The number of ether oxygens (including phenoxy) is 1. The highest BCUT2D eigenvalue weighted by Crippen LogP contribution is 2.34. The fourth-order valence-corrected chi connectivity index (χ4v) is 4.32. The maximum atomic E-state index is 12.6. The van der Waals surface area contributed by atoms with Gasteiger partial charge in [0.05, 0.1) is 17.4 Å². The Bertz CT molecular complexity index is 901. The van der Waals surface area contributed by atoms with Crippen LogP contribution in [0.4, 0.5) is 5.95 Å². The molecule has 34 heavy (non-hydrogen) atoms. The van der Waals surface area contributed by atoms with Gasteiger partial charge in [-0.1, -0.05) is 23.8 Å². The molecule has 1 amide bonds. The van der Waals surface area contributed by atoms with Gasteiger partial charge in [-0.2, -0.15) is 4.99 Å². The zero-order valence-corrected chi connectivity index (χ0v) is 22.1. The molecule has 0 unspecified atom stereocenters. The van der Waals surface area contributed by atoms with Crippen LogP contribution in [0.25, 0.3) is 0 Å². The lowest BCUT2D eigenvalue weighted by molar-refractivity contribution is -0.155. The summed E-state index contributed by atoms with van der Waals surface area (Å²) < 4.78 is 5.42. The lowest BCUT2D eigenvalue weighted by Gasteiger charge is -2.37. The molecule has 9 nitrogen and oxygen atoms in total. The van der Waals surface area contributed by atoms with E-state index in [2.05, 4.69) is 20.3 Å². The van der Waals surface area contributed by atoms with E-state index >= 15 is 0 Å². The van der Waals surface area contributed by atoms with Crippen LogP contribution < -0.4 is 11.1 Å². The smallest absolute Gasteiger partial charge is 0.306 e. The first-order chi connectivity index (χ1) is 15.9. The number of amidine groups is 1. The van der Waals surface area contributed by atoms with Crippen LogP contribution in [0.5, 0.6) is 0 Å². The van der Waals surface area contributed by atoms with E-state index in [9.17, 15) is 9.59 Å². The molecule has 11 heteroatoms. The molecule has 1 aromatic rings. The number of nitrogens with two attached hydrogens (primary N) is 1. The molecule has 1 saturated carbocycles. The molecule has 3 atom stereocenters. The molecule has 0 radical (unpaired) electrons. The fourth-order valence-electron chi connectivity index (χ4n) is 4.03. The standard InChI is InChI=1S/C23H35ClN6O3S/c1-23(2,3)33-18(31)8-6-7-14-11-15(21(32)30(4)5)9-10-17(14)28-20(34)19(25)29-22-26-12-16(24)13-27-22/h12-15,17H,6-11H2,1-5H3,(H,28,34)(H2,25,26,27,29)/t14-,15+,17+/m1/s1. The van der Waals surface area contributed by atoms with Crippen LogP contribution in [0.1, 0.15) is 59.3 Å². The summed E-state index contributed by atoms with van der Waals surface area (Å²) >= 11 is 11.3. The molecular weight excluding hydrogens is 476 g/mol. The summed E-state index contributed by atoms with van der Waals surface area (Å²) in [7, 11) is 3.55. The largest absolute Gasteiger partial charge is 0.460 e. The molecule has 1 heterocycles. The molecule has 1 aliphatic rings. The van der Waals surface area contributed by atoms with Gasteiger partial charge in [0.15, 0.2) is 5.84 Å². The lowest BCUT2D eigenvalue weighted by atomic mass is 9.75. The van der Waals surface area contributed by atoms with E-state index in [1.54, 1.807) is 19.0 Å². The van der Waals surface area contributed by atoms with Gasteiger partial charge in [-0.05, 0) is 58.8 Å². The van der Waals surface area contributed by atoms with Crippen molar-refractivity contribution in [1.82, 2.24) is 20.2 Å². The number of halogens is 1. The molecule has 2 rings (SSSR count). The number of aromatic nitrogens is 2. The van der Waals surface area contributed by atoms with Crippen LogP contribution in [-0.2, 0) is 14.3 Å². The minimum absolute atomic E-state index is 0.0113. The quantitative estimate of drug-likeness (QED) is 0.247. The highest BCUT2D eigenvalue weighted by Gasteiger charge is 2.35. The maximum Gasteiger partial charge on any atom is 0.306 e. The Kier molecular flexibility index (Phi) is 10.2. The number of hydrogen-bond acceptors (Lipinski definition) is 7. The zero-order chi connectivity index (χ0) is 25.5. The molecule has 1 aromatic heterocycles. The van der Waals surface area contributed by atoms with E-state index in [-0.39, 0.29) is 41.5 Å². The number of carbonyl (C=O) groups is 2. The summed E-state index contributed by atoms with van der Waals surface area (Å²) in [6.45, 7) is 5.56. The number of hydrogen-bond donors (Lipinski definition) is 2. The first-order valence-electron chi connectivity index (χ1n) is 11.4. The Morgan fingerprint density at radius 2 is 1.94 bits per heavy atom. The van der Waals surface area contributed by atoms with Crippen LogP contribution >= 0.6 is 23.8 Å². The monoisotopic (exact) mass is 510 g/mol. The van der Waals surface area contributed by atoms with Crippen molar-refractivity contribution in [3.05, 3.63) is 17.4 Å². The zero-order valence-electron chi connectivity index (χ0n) is 20.5. The van der Waals surface area contributed by atoms with Crippen molar-refractivity contribution in [1.29, 1.82) is 0 Å². The number of rotatable bonds is 7. The molecule has 0 saturated heterocycles. The van der Waals surface area contributed by atoms with Crippen molar-refractivity contribution in [3.63, 3.8) is 0 Å². The Morgan fingerprint density at radius 3 is 2.53 bits per heavy atom. The first kappa shape index (κ1) is 27.9. The Morgan fingerprint density at radius 1 is 1.29 bits per heavy atom. The van der Waals surface area contributed by atoms with Crippen molar-refractivity contribution in [2.24, 2.45) is 22.6 Å². The molecule has 0 spiro atoms. The van der Waals surface area contributed by atoms with Crippen molar-refractivity contribution >= 4 is 52.5 Å². The number of nitrogens with one attached hydrogen (secondary N) is 1. The van der Waals surface area contributed by atoms with Crippen molar-refractivity contribution in [2.75, 3.05) is 14.1 Å². The molecule has 0 bridgehead atoms. The van der Waals surface area contributed by atoms with Crippen LogP contribution in [0, 0.1) is 11.8 Å². The minimum Gasteiger partial charge on any atom is -0.460 e. The Balaban J connectivity index is 2.04. The Hall–Kier alpha value is -2.33. The molecule has 1 fully saturated rings. The van der Waals surface area contributed by atoms with Crippen LogP contribution in [0.2, 0.25) is 5.02 Å². The number of esters is 1. The van der Waals surface area contributed by atoms with Gasteiger partial charge in [0.25, 0.3) is 5.95 Å². The molecule has 1 aliphatic carbocycles. The van der Waals surface area contributed by atoms with E-state index in [1.165, 1.54) is 12.4 Å². The summed E-state index contributed by atoms with van der Waals surface area (Å²) in [6.07, 6.45) is 6.83. The number of nitrogens with zero attached hydrogens (tertiary/aromatic N) is 4. The van der Waals surface area contributed by atoms with Gasteiger partial charge < -0.3 is 20.7 Å². The highest BCUT2D eigenvalue weighted by atomic mass is 35.5. The molecule has 3 N–H and O–H groups in total. The van der Waals surface area contributed by atoms with E-state index in [0.717, 1.165) is 19.3 Å². The fraction of sp³-hybridized carbons (Fsp3) is 0.652. The van der Waals surface area contributed by atoms with Crippen molar-refractivity contribution < 1.29 is 14.3 Å². The van der Waals surface area contributed by atoms with E-state index in [0.29, 0.717) is 29.3 Å². The number of aliphatic imine (C=N–C) groups is 1. The summed E-state index contributed by atoms with van der Waals surface area (Å²) in [5.41, 5.74) is 5.57. The molecule has 0 aliphatic heterocycles. The third-order valence-corrected chi connectivity index (χ3v) is 6.05. The van der Waals surface area contributed by atoms with Crippen molar-refractivity contribution in [2.45, 2.75) is 70.9 Å². The molecule has 0 aromatic carbocycles. The summed E-state index contributed by atoms with van der Waals surface area (Å²) in [5, 5.41) is 3.72. The SMILES string of the molecule is CN(C)C(=O)[C@H]1CC[C@H](NC(=S)C(N)=Nc2ncc(Cl)cn2)[C@H](CCCC(=O)OC(C)(C)C)C1. The second-order valence-electron chi connectivity index (χ2n) is 9.76. The van der Waals surface area contributed by atoms with Crippen molar-refractivity contribution in [3.8, 4) is 0 Å². The Labute approximate surface area is 211 Å². The van der Waals surface area contributed by atoms with Gasteiger partial charge in [-0.25, -0.2) is 9.97 Å². The number of thiocarbonyl (C=S) groups is 1. The summed E-state index contributed by atoms with van der Waals surface area (Å²) in [6, 6.07) is 0.0113. The second-order valence-corrected chi connectivity index (χ2v) is 10.6. The average molecular weight is 511 g/mol. The van der Waals surface area contributed by atoms with Gasteiger partial charge in [-0.3, -0.25) is 9.59 Å². The van der Waals surface area contributed by atoms with Crippen LogP contribution in [0.15, 0.2) is 17.4 Å². The van der Waals surface area contributed by atoms with E-state index in [4.69, 9.17) is 34.3 Å². The lowest BCUT2D eigenvalue weighted by Crippen LogP contribution is -2.48. The third kappa shape index (κ3) is 9.13. The number of amides is 1. The van der Waals surface area contributed by atoms with E-state index < -0.39 is 5.60 Å². The summed E-state index contributed by atoms with van der Waals surface area (Å²) in [5.74, 6) is 0.267. The molecular formula is C23H35ClN6O3S. The average Bonchev–Trinajstić information content (AvgIpc) is 2.74. The predicted molar refractivity (Wildman–Crippen MR) is 137 cm³/mol. The second kappa shape index (κ2) is 12.4. The van der Waals surface area contributed by atoms with Crippen LogP contribution in [-0.4, -0.2) is 63.3 Å². The maximum absolute atomic E-state index is 12.6. The summed E-state index contributed by atoms with van der Waals surface area (Å²) in [4.78, 5) is 38.8. The molecule has 188 valence electrons. The van der Waals surface area contributed by atoms with E-state index in [1.807, 2.05) is 20.8 Å². The highest BCUT2D eigenvalue weighted by molar-refractivity contribution is 7.82. The van der Waals surface area contributed by atoms with Gasteiger partial charge in [-0.15, -0.1) is 0 Å². The predicted octanol–water partition coefficient (Wildman–Crippen LogP) is 3.42. The number of carbonyl (C=O) groups excluding carboxylic acids is 2. The van der Waals surface area contributed by atoms with Crippen LogP contribution in [0.3, 0.4) is 0 Å². The van der Waals surface area contributed by atoms with Gasteiger partial charge in [0, 0.05) is 32.5 Å². The van der Waals surface area contributed by atoms with Gasteiger partial charge in [0.1, 0.15) is 10.6 Å². The third-order valence-electron chi connectivity index (χ3n) is 5.52. The first-order valence-corrected chi connectivity index (χ1v) is 12.2.